The number of benzene rings is 1. The quantitative estimate of drug-likeness (QED) is 0.668. The fourth-order valence-corrected chi connectivity index (χ4v) is 3.44. The molecule has 1 aromatic carbocycles. The second-order valence-electron chi connectivity index (χ2n) is 7.42. The highest BCUT2D eigenvalue weighted by Crippen LogP contribution is 2.30. The van der Waals surface area contributed by atoms with Crippen molar-refractivity contribution in [2.24, 2.45) is 12.0 Å². The summed E-state index contributed by atoms with van der Waals surface area (Å²) in [7, 11) is 1.63. The summed E-state index contributed by atoms with van der Waals surface area (Å²) in [4.78, 5) is 29.7. The SMILES string of the molecule is Cn1cc(-n2nc(-c3ccc(C(F)(F)F)cc3)cc(C(=O)N=C3CCC[C@H]3O)c2=O)cn1. The van der Waals surface area contributed by atoms with Gasteiger partial charge in [-0.05, 0) is 37.5 Å². The minimum atomic E-state index is -4.50. The second-order valence-corrected chi connectivity index (χ2v) is 7.42. The zero-order valence-corrected chi connectivity index (χ0v) is 16.9. The van der Waals surface area contributed by atoms with E-state index in [1.54, 1.807) is 7.05 Å². The van der Waals surface area contributed by atoms with Gasteiger partial charge in [-0.25, -0.2) is 4.99 Å². The lowest BCUT2D eigenvalue weighted by molar-refractivity contribution is -0.137. The highest BCUT2D eigenvalue weighted by atomic mass is 19.4. The number of halogens is 3. The number of aryl methyl sites for hydroxylation is 1. The monoisotopic (exact) mass is 445 g/mol. The second kappa shape index (κ2) is 8.15. The lowest BCUT2D eigenvalue weighted by atomic mass is 10.1. The number of aliphatic hydroxyl groups is 1. The molecule has 2 heterocycles. The predicted molar refractivity (Wildman–Crippen MR) is 109 cm³/mol. The van der Waals surface area contributed by atoms with Crippen LogP contribution in [0.4, 0.5) is 13.2 Å². The molecule has 0 bridgehead atoms. The summed E-state index contributed by atoms with van der Waals surface area (Å²) >= 11 is 0. The Morgan fingerprint density at radius 2 is 1.97 bits per heavy atom. The number of aliphatic hydroxyl groups excluding tert-OH is 1. The molecule has 1 N–H and O–H groups in total. The maximum Gasteiger partial charge on any atom is 0.416 e. The number of alkyl halides is 3. The lowest BCUT2D eigenvalue weighted by Gasteiger charge is -2.10. The molecule has 166 valence electrons. The van der Waals surface area contributed by atoms with Gasteiger partial charge in [-0.2, -0.15) is 28.1 Å². The van der Waals surface area contributed by atoms with Gasteiger partial charge in [-0.15, -0.1) is 0 Å². The lowest BCUT2D eigenvalue weighted by Crippen LogP contribution is -2.28. The van der Waals surface area contributed by atoms with Crippen molar-refractivity contribution in [2.75, 3.05) is 0 Å². The molecule has 1 aliphatic carbocycles. The zero-order chi connectivity index (χ0) is 23.0. The van der Waals surface area contributed by atoms with Crippen LogP contribution in [0.15, 0.2) is 52.5 Å². The summed E-state index contributed by atoms with van der Waals surface area (Å²) in [6.07, 6.45) is -0.854. The Kier molecular flexibility index (Phi) is 5.51. The Morgan fingerprint density at radius 3 is 2.53 bits per heavy atom. The Balaban J connectivity index is 1.84. The Labute approximate surface area is 179 Å². The van der Waals surface area contributed by atoms with Crippen LogP contribution in [0.2, 0.25) is 0 Å². The first-order valence-corrected chi connectivity index (χ1v) is 9.74. The third-order valence-electron chi connectivity index (χ3n) is 5.13. The molecule has 4 rings (SSSR count). The Hall–Kier alpha value is -3.60. The molecule has 0 aliphatic heterocycles. The first-order chi connectivity index (χ1) is 15.1. The topological polar surface area (TPSA) is 102 Å². The van der Waals surface area contributed by atoms with Crippen LogP contribution in [0.3, 0.4) is 0 Å². The first kappa shape index (κ1) is 21.6. The van der Waals surface area contributed by atoms with Crippen molar-refractivity contribution in [2.45, 2.75) is 31.5 Å². The molecule has 8 nitrogen and oxygen atoms in total. The van der Waals surface area contributed by atoms with Gasteiger partial charge >= 0.3 is 6.18 Å². The van der Waals surface area contributed by atoms with Gasteiger partial charge in [0, 0.05) is 12.6 Å². The fourth-order valence-electron chi connectivity index (χ4n) is 3.44. The van der Waals surface area contributed by atoms with E-state index in [1.165, 1.54) is 35.3 Å². The van der Waals surface area contributed by atoms with Crippen LogP contribution >= 0.6 is 0 Å². The highest BCUT2D eigenvalue weighted by Gasteiger charge is 2.30. The number of hydrogen-bond acceptors (Lipinski definition) is 5. The van der Waals surface area contributed by atoms with Crippen molar-refractivity contribution in [3.63, 3.8) is 0 Å². The minimum Gasteiger partial charge on any atom is -0.387 e. The molecule has 2 aromatic heterocycles. The van der Waals surface area contributed by atoms with E-state index in [0.717, 1.165) is 16.8 Å². The molecule has 0 unspecified atom stereocenters. The molecule has 1 amide bonds. The largest absolute Gasteiger partial charge is 0.416 e. The molecular formula is C21H18F3N5O3. The van der Waals surface area contributed by atoms with Crippen LogP contribution < -0.4 is 5.56 Å². The maximum absolute atomic E-state index is 13.0. The number of carbonyl (C=O) groups is 1. The van der Waals surface area contributed by atoms with Crippen molar-refractivity contribution in [1.29, 1.82) is 0 Å². The average molecular weight is 445 g/mol. The fraction of sp³-hybridized carbons (Fsp3) is 0.286. The summed E-state index contributed by atoms with van der Waals surface area (Å²) in [6, 6.07) is 5.42. The number of aliphatic imine (C=N–C) groups is 1. The van der Waals surface area contributed by atoms with Gasteiger partial charge < -0.3 is 5.11 Å². The minimum absolute atomic E-state index is 0.109. The molecule has 0 spiro atoms. The van der Waals surface area contributed by atoms with E-state index in [9.17, 15) is 27.9 Å². The van der Waals surface area contributed by atoms with Crippen LogP contribution in [-0.2, 0) is 13.2 Å². The molecule has 11 heteroatoms. The Bertz CT molecular complexity index is 1260. The molecule has 1 aliphatic rings. The number of hydrogen-bond donors (Lipinski definition) is 1. The average Bonchev–Trinajstić information content (AvgIpc) is 3.35. The van der Waals surface area contributed by atoms with Gasteiger partial charge in [0.25, 0.3) is 11.5 Å². The van der Waals surface area contributed by atoms with Crippen LogP contribution in [0.25, 0.3) is 16.9 Å². The van der Waals surface area contributed by atoms with E-state index in [2.05, 4.69) is 15.2 Å². The zero-order valence-electron chi connectivity index (χ0n) is 16.9. The third kappa shape index (κ3) is 4.24. The van der Waals surface area contributed by atoms with Crippen molar-refractivity contribution in [3.8, 4) is 16.9 Å². The van der Waals surface area contributed by atoms with Crippen molar-refractivity contribution >= 4 is 11.6 Å². The molecule has 3 aromatic rings. The normalized spacial score (nSPS) is 17.8. The van der Waals surface area contributed by atoms with Gasteiger partial charge in [0.2, 0.25) is 0 Å². The molecule has 1 saturated carbocycles. The highest BCUT2D eigenvalue weighted by molar-refractivity contribution is 6.06. The number of rotatable bonds is 3. The van der Waals surface area contributed by atoms with Crippen LogP contribution in [0.1, 0.15) is 35.2 Å². The summed E-state index contributed by atoms with van der Waals surface area (Å²) in [6.45, 7) is 0. The summed E-state index contributed by atoms with van der Waals surface area (Å²) < 4.78 is 41.1. The van der Waals surface area contributed by atoms with E-state index in [4.69, 9.17) is 0 Å². The van der Waals surface area contributed by atoms with Gasteiger partial charge in [-0.3, -0.25) is 14.3 Å². The van der Waals surface area contributed by atoms with Crippen molar-refractivity contribution in [3.05, 3.63) is 64.2 Å². The first-order valence-electron chi connectivity index (χ1n) is 9.74. The molecule has 32 heavy (non-hydrogen) atoms. The predicted octanol–water partition coefficient (Wildman–Crippen LogP) is 2.78. The molecule has 1 fully saturated rings. The molecular weight excluding hydrogens is 427 g/mol. The maximum atomic E-state index is 13.0. The third-order valence-corrected chi connectivity index (χ3v) is 5.13. The van der Waals surface area contributed by atoms with Crippen LogP contribution in [-0.4, -0.2) is 42.4 Å². The smallest absolute Gasteiger partial charge is 0.387 e. The summed E-state index contributed by atoms with van der Waals surface area (Å²) in [5.41, 5.74) is -0.944. The van der Waals surface area contributed by atoms with Crippen LogP contribution in [0, 0.1) is 0 Å². The molecule has 0 saturated heterocycles. The van der Waals surface area contributed by atoms with E-state index in [0.29, 0.717) is 25.0 Å². The van der Waals surface area contributed by atoms with Gasteiger partial charge in [0.05, 0.1) is 35.5 Å². The van der Waals surface area contributed by atoms with Gasteiger partial charge in [0.1, 0.15) is 11.3 Å². The summed E-state index contributed by atoms with van der Waals surface area (Å²) in [5, 5.41) is 18.1. The summed E-state index contributed by atoms with van der Waals surface area (Å²) in [5.74, 6) is -0.848. The molecule has 1 atom stereocenters. The van der Waals surface area contributed by atoms with E-state index in [1.807, 2.05) is 0 Å². The number of aromatic nitrogens is 4. The van der Waals surface area contributed by atoms with Crippen LogP contribution in [0.5, 0.6) is 0 Å². The van der Waals surface area contributed by atoms with Crippen molar-refractivity contribution < 1.29 is 23.1 Å². The number of carbonyl (C=O) groups excluding carboxylic acids is 1. The number of amides is 1. The molecule has 0 radical (unpaired) electrons. The standard InChI is InChI=1S/C21H18F3N5O3/c1-28-11-14(10-25-28)29-20(32)15(19(31)26-16-3-2-4-18(16)30)9-17(27-29)12-5-7-13(8-6-12)21(22,23)24/h5-11,18,30H,2-4H2,1H3/t18-/m1/s1. The number of nitrogens with zero attached hydrogens (tertiary/aromatic N) is 5. The Morgan fingerprint density at radius 1 is 1.25 bits per heavy atom. The van der Waals surface area contributed by atoms with Gasteiger partial charge in [-0.1, -0.05) is 12.1 Å². The van der Waals surface area contributed by atoms with Gasteiger partial charge in [0.15, 0.2) is 0 Å². The van der Waals surface area contributed by atoms with E-state index >= 15 is 0 Å². The van der Waals surface area contributed by atoms with E-state index in [-0.39, 0.29) is 22.5 Å². The van der Waals surface area contributed by atoms with Crippen molar-refractivity contribution in [1.82, 2.24) is 19.6 Å². The van der Waals surface area contributed by atoms with E-state index < -0.39 is 29.3 Å².